The minimum absolute atomic E-state index is 0.126. The van der Waals surface area contributed by atoms with Crippen LogP contribution >= 0.6 is 22.7 Å². The second-order valence-corrected chi connectivity index (χ2v) is 8.13. The standard InChI is InChI=1S/C21H18N2O2S2/c1-14(20(24)22-13-17-5-4-12-26-17)25-16-10-8-15(9-11-16)21-23-18-6-2-3-7-19(18)27-21/h2-12,14H,13H2,1H3,(H,22,24)/t14-/m0/s1. The number of hydrogen-bond acceptors (Lipinski definition) is 5. The van der Waals surface area contributed by atoms with E-state index >= 15 is 0 Å². The van der Waals surface area contributed by atoms with Gasteiger partial charge in [-0.05, 0) is 54.8 Å². The zero-order valence-corrected chi connectivity index (χ0v) is 16.3. The molecule has 2 heterocycles. The Kier molecular flexibility index (Phi) is 5.18. The van der Waals surface area contributed by atoms with Gasteiger partial charge < -0.3 is 10.1 Å². The summed E-state index contributed by atoms with van der Waals surface area (Å²) in [6.07, 6.45) is -0.557. The minimum Gasteiger partial charge on any atom is -0.481 e. The van der Waals surface area contributed by atoms with Crippen molar-refractivity contribution >= 4 is 38.8 Å². The van der Waals surface area contributed by atoms with Gasteiger partial charge in [-0.1, -0.05) is 18.2 Å². The molecule has 0 aliphatic carbocycles. The molecule has 0 unspecified atom stereocenters. The number of aromatic nitrogens is 1. The van der Waals surface area contributed by atoms with Crippen LogP contribution in [0.25, 0.3) is 20.8 Å². The Labute approximate surface area is 165 Å². The predicted molar refractivity (Wildman–Crippen MR) is 111 cm³/mol. The van der Waals surface area contributed by atoms with Crippen LogP contribution in [0.2, 0.25) is 0 Å². The van der Waals surface area contributed by atoms with Gasteiger partial charge in [0, 0.05) is 10.4 Å². The fourth-order valence-electron chi connectivity index (χ4n) is 2.66. The molecule has 0 saturated heterocycles. The summed E-state index contributed by atoms with van der Waals surface area (Å²) in [7, 11) is 0. The Morgan fingerprint density at radius 2 is 1.93 bits per heavy atom. The second kappa shape index (κ2) is 7.90. The van der Waals surface area contributed by atoms with Crippen LogP contribution in [0, 0.1) is 0 Å². The van der Waals surface area contributed by atoms with Crippen molar-refractivity contribution in [3.8, 4) is 16.3 Å². The molecule has 0 aliphatic rings. The van der Waals surface area contributed by atoms with Gasteiger partial charge in [0.1, 0.15) is 10.8 Å². The molecular weight excluding hydrogens is 376 g/mol. The second-order valence-electron chi connectivity index (χ2n) is 6.07. The molecule has 1 atom stereocenters. The summed E-state index contributed by atoms with van der Waals surface area (Å²) in [6, 6.07) is 19.8. The number of rotatable bonds is 6. The van der Waals surface area contributed by atoms with Gasteiger partial charge in [0.15, 0.2) is 6.10 Å². The molecule has 2 aromatic carbocycles. The number of thiazole rings is 1. The van der Waals surface area contributed by atoms with E-state index in [0.717, 1.165) is 21.0 Å². The van der Waals surface area contributed by atoms with Crippen LogP contribution in [0.1, 0.15) is 11.8 Å². The number of carbonyl (C=O) groups excluding carboxylic acids is 1. The van der Waals surface area contributed by atoms with Crippen molar-refractivity contribution in [1.82, 2.24) is 10.3 Å². The first kappa shape index (κ1) is 17.7. The number of nitrogens with one attached hydrogen (secondary N) is 1. The van der Waals surface area contributed by atoms with Crippen LogP contribution in [0.15, 0.2) is 66.0 Å². The van der Waals surface area contributed by atoms with E-state index < -0.39 is 6.10 Å². The molecular formula is C21H18N2O2S2. The van der Waals surface area contributed by atoms with E-state index in [0.29, 0.717) is 12.3 Å². The highest BCUT2D eigenvalue weighted by Crippen LogP contribution is 2.31. The van der Waals surface area contributed by atoms with Gasteiger partial charge in [-0.3, -0.25) is 4.79 Å². The van der Waals surface area contributed by atoms with E-state index in [1.807, 2.05) is 60.0 Å². The average Bonchev–Trinajstić information content (AvgIpc) is 3.36. The summed E-state index contributed by atoms with van der Waals surface area (Å²) in [5.74, 6) is 0.539. The zero-order chi connectivity index (χ0) is 18.6. The number of hydrogen-bond donors (Lipinski definition) is 1. The third kappa shape index (κ3) is 4.18. The summed E-state index contributed by atoms with van der Waals surface area (Å²) in [6.45, 7) is 2.28. The van der Waals surface area contributed by atoms with Crippen LogP contribution < -0.4 is 10.1 Å². The van der Waals surface area contributed by atoms with Crippen LogP contribution in [0.3, 0.4) is 0 Å². The molecule has 0 fully saturated rings. The third-order valence-electron chi connectivity index (χ3n) is 4.09. The number of para-hydroxylation sites is 1. The number of ether oxygens (including phenoxy) is 1. The lowest BCUT2D eigenvalue weighted by Crippen LogP contribution is -2.35. The lowest BCUT2D eigenvalue weighted by atomic mass is 10.2. The van der Waals surface area contributed by atoms with E-state index in [-0.39, 0.29) is 5.91 Å². The Morgan fingerprint density at radius 3 is 2.67 bits per heavy atom. The zero-order valence-electron chi connectivity index (χ0n) is 14.7. The summed E-state index contributed by atoms with van der Waals surface area (Å²) in [5, 5.41) is 5.87. The van der Waals surface area contributed by atoms with E-state index in [1.165, 1.54) is 4.70 Å². The lowest BCUT2D eigenvalue weighted by Gasteiger charge is -2.14. The maximum atomic E-state index is 12.2. The minimum atomic E-state index is -0.557. The molecule has 1 amide bonds. The molecule has 2 aromatic heterocycles. The first-order valence-corrected chi connectivity index (χ1v) is 10.3. The Hall–Kier alpha value is -2.70. The molecule has 136 valence electrons. The maximum absolute atomic E-state index is 12.2. The lowest BCUT2D eigenvalue weighted by molar-refractivity contribution is -0.127. The number of thiophene rings is 1. The topological polar surface area (TPSA) is 51.2 Å². The van der Waals surface area contributed by atoms with Gasteiger partial charge in [-0.25, -0.2) is 4.98 Å². The molecule has 0 radical (unpaired) electrons. The molecule has 4 nitrogen and oxygen atoms in total. The molecule has 0 spiro atoms. The largest absolute Gasteiger partial charge is 0.481 e. The number of fused-ring (bicyclic) bond motifs is 1. The quantitative estimate of drug-likeness (QED) is 0.494. The van der Waals surface area contributed by atoms with E-state index in [9.17, 15) is 4.79 Å². The monoisotopic (exact) mass is 394 g/mol. The molecule has 1 N–H and O–H groups in total. The first-order valence-electron chi connectivity index (χ1n) is 8.62. The highest BCUT2D eigenvalue weighted by molar-refractivity contribution is 7.21. The number of amides is 1. The predicted octanol–water partition coefficient (Wildman–Crippen LogP) is 5.11. The van der Waals surface area contributed by atoms with Crippen molar-refractivity contribution in [3.05, 3.63) is 70.9 Å². The fourth-order valence-corrected chi connectivity index (χ4v) is 4.28. The van der Waals surface area contributed by atoms with Gasteiger partial charge in [-0.2, -0.15) is 0 Å². The first-order chi connectivity index (χ1) is 13.2. The number of carbonyl (C=O) groups is 1. The van der Waals surface area contributed by atoms with Crippen LogP contribution in [-0.4, -0.2) is 17.0 Å². The Balaban J connectivity index is 1.39. The van der Waals surface area contributed by atoms with Gasteiger partial charge in [0.2, 0.25) is 0 Å². The van der Waals surface area contributed by atoms with Gasteiger partial charge in [-0.15, -0.1) is 22.7 Å². The normalized spacial score (nSPS) is 12.0. The van der Waals surface area contributed by atoms with Crippen LogP contribution in [0.5, 0.6) is 5.75 Å². The van der Waals surface area contributed by atoms with E-state index in [4.69, 9.17) is 4.74 Å². The van der Waals surface area contributed by atoms with Crippen LogP contribution in [-0.2, 0) is 11.3 Å². The number of nitrogens with zero attached hydrogens (tertiary/aromatic N) is 1. The van der Waals surface area contributed by atoms with Crippen molar-refractivity contribution in [2.45, 2.75) is 19.6 Å². The third-order valence-corrected chi connectivity index (χ3v) is 6.06. The van der Waals surface area contributed by atoms with Gasteiger partial charge in [0.25, 0.3) is 5.91 Å². The van der Waals surface area contributed by atoms with E-state index in [1.54, 1.807) is 29.6 Å². The number of benzene rings is 2. The highest BCUT2D eigenvalue weighted by atomic mass is 32.1. The van der Waals surface area contributed by atoms with Crippen molar-refractivity contribution in [2.24, 2.45) is 0 Å². The maximum Gasteiger partial charge on any atom is 0.261 e. The van der Waals surface area contributed by atoms with Gasteiger partial charge >= 0.3 is 0 Å². The Bertz CT molecular complexity index is 1010. The summed E-state index contributed by atoms with van der Waals surface area (Å²) < 4.78 is 6.94. The highest BCUT2D eigenvalue weighted by Gasteiger charge is 2.15. The van der Waals surface area contributed by atoms with Crippen molar-refractivity contribution in [2.75, 3.05) is 0 Å². The molecule has 27 heavy (non-hydrogen) atoms. The molecule has 4 aromatic rings. The van der Waals surface area contributed by atoms with Crippen LogP contribution in [0.4, 0.5) is 0 Å². The van der Waals surface area contributed by atoms with Gasteiger partial charge in [0.05, 0.1) is 16.8 Å². The molecule has 6 heteroatoms. The van der Waals surface area contributed by atoms with Crippen molar-refractivity contribution in [1.29, 1.82) is 0 Å². The van der Waals surface area contributed by atoms with Crippen molar-refractivity contribution < 1.29 is 9.53 Å². The summed E-state index contributed by atoms with van der Waals surface area (Å²) in [4.78, 5) is 18.0. The molecule has 0 saturated carbocycles. The smallest absolute Gasteiger partial charge is 0.261 e. The Morgan fingerprint density at radius 1 is 1.11 bits per heavy atom. The summed E-state index contributed by atoms with van der Waals surface area (Å²) >= 11 is 3.29. The average molecular weight is 395 g/mol. The molecule has 4 rings (SSSR count). The van der Waals surface area contributed by atoms with E-state index in [2.05, 4.69) is 16.4 Å². The fraction of sp³-hybridized carbons (Fsp3) is 0.143. The van der Waals surface area contributed by atoms with Crippen molar-refractivity contribution in [3.63, 3.8) is 0 Å². The molecule has 0 aliphatic heterocycles. The SMILES string of the molecule is C[C@H](Oc1ccc(-c2nc3ccccc3s2)cc1)C(=O)NCc1cccs1. The molecule has 0 bridgehead atoms. The summed E-state index contributed by atoms with van der Waals surface area (Å²) in [5.41, 5.74) is 2.05.